The molecule has 0 aliphatic carbocycles. The Labute approximate surface area is 112 Å². The highest BCUT2D eigenvalue weighted by molar-refractivity contribution is 7.92. The van der Waals surface area contributed by atoms with Crippen LogP contribution in [0, 0.1) is 5.92 Å². The molecule has 0 aromatic carbocycles. The third-order valence-electron chi connectivity index (χ3n) is 2.34. The van der Waals surface area contributed by atoms with E-state index in [1.807, 2.05) is 0 Å². The van der Waals surface area contributed by atoms with Gasteiger partial charge in [-0.3, -0.25) is 14.4 Å². The number of amides is 1. The van der Waals surface area contributed by atoms with E-state index in [4.69, 9.17) is 0 Å². The van der Waals surface area contributed by atoms with Gasteiger partial charge in [0.15, 0.2) is 15.6 Å². The summed E-state index contributed by atoms with van der Waals surface area (Å²) in [6.07, 6.45) is 0. The normalized spacial score (nSPS) is 12.9. The number of hydrogen-bond donors (Lipinski definition) is 1. The first-order valence-electron chi connectivity index (χ1n) is 5.66. The molecular weight excluding hydrogens is 274 g/mol. The van der Waals surface area contributed by atoms with Crippen LogP contribution in [0.1, 0.15) is 20.8 Å². The minimum atomic E-state index is -3.89. The number of ether oxygens (including phenoxy) is 1. The van der Waals surface area contributed by atoms with Crippen LogP contribution in [0.5, 0.6) is 0 Å². The number of nitrogens with one attached hydrogen (secondary N) is 1. The summed E-state index contributed by atoms with van der Waals surface area (Å²) in [5.41, 5.74) is 0. The Morgan fingerprint density at radius 1 is 1.16 bits per heavy atom. The molecule has 0 saturated carbocycles. The summed E-state index contributed by atoms with van der Waals surface area (Å²) >= 11 is 0. The van der Waals surface area contributed by atoms with Crippen LogP contribution < -0.4 is 5.32 Å². The second kappa shape index (κ2) is 7.22. The quantitative estimate of drug-likeness (QED) is 0.622. The van der Waals surface area contributed by atoms with E-state index >= 15 is 0 Å². The standard InChI is InChI=1S/C11H19NO6S/c1-7(2)11(8(3)13)12-9(14)5-19(16,17)6-10(15)18-4/h7,11H,5-6H2,1-4H3,(H,12,14). The minimum Gasteiger partial charge on any atom is -0.468 e. The molecule has 0 bridgehead atoms. The first-order valence-corrected chi connectivity index (χ1v) is 7.48. The molecular formula is C11H19NO6S. The maximum absolute atomic E-state index is 11.6. The zero-order valence-corrected chi connectivity index (χ0v) is 12.2. The Morgan fingerprint density at radius 3 is 2.05 bits per heavy atom. The largest absolute Gasteiger partial charge is 0.468 e. The van der Waals surface area contributed by atoms with E-state index in [-0.39, 0.29) is 11.7 Å². The topological polar surface area (TPSA) is 107 Å². The maximum Gasteiger partial charge on any atom is 0.320 e. The van der Waals surface area contributed by atoms with Gasteiger partial charge >= 0.3 is 5.97 Å². The van der Waals surface area contributed by atoms with Crippen LogP contribution in [0.2, 0.25) is 0 Å². The molecule has 1 amide bonds. The number of Topliss-reactive ketones (excluding diaryl/α,β-unsaturated/α-hetero) is 1. The fourth-order valence-electron chi connectivity index (χ4n) is 1.44. The summed E-state index contributed by atoms with van der Waals surface area (Å²) < 4.78 is 27.2. The fraction of sp³-hybridized carbons (Fsp3) is 0.727. The van der Waals surface area contributed by atoms with Crippen molar-refractivity contribution in [2.75, 3.05) is 18.6 Å². The van der Waals surface area contributed by atoms with Gasteiger partial charge in [0.2, 0.25) is 5.91 Å². The van der Waals surface area contributed by atoms with E-state index in [1.54, 1.807) is 13.8 Å². The SMILES string of the molecule is COC(=O)CS(=O)(=O)CC(=O)NC(C(C)=O)C(C)C. The van der Waals surface area contributed by atoms with Crippen LogP contribution in [0.15, 0.2) is 0 Å². The summed E-state index contributed by atoms with van der Waals surface area (Å²) in [7, 11) is -2.83. The third-order valence-corrected chi connectivity index (χ3v) is 3.72. The number of methoxy groups -OCH3 is 1. The second-order valence-corrected chi connectivity index (χ2v) is 6.57. The van der Waals surface area contributed by atoms with E-state index in [1.165, 1.54) is 6.92 Å². The molecule has 7 nitrogen and oxygen atoms in total. The Morgan fingerprint density at radius 2 is 1.68 bits per heavy atom. The first kappa shape index (κ1) is 17.6. The maximum atomic E-state index is 11.6. The molecule has 0 aromatic heterocycles. The lowest BCUT2D eigenvalue weighted by Crippen LogP contribution is -2.46. The Kier molecular flexibility index (Phi) is 6.68. The monoisotopic (exact) mass is 293 g/mol. The zero-order chi connectivity index (χ0) is 15.2. The summed E-state index contributed by atoms with van der Waals surface area (Å²) in [5, 5.41) is 2.34. The molecule has 0 rings (SSSR count). The van der Waals surface area contributed by atoms with Crippen LogP contribution >= 0.6 is 0 Å². The van der Waals surface area contributed by atoms with Crippen molar-refractivity contribution in [1.82, 2.24) is 5.32 Å². The van der Waals surface area contributed by atoms with Gasteiger partial charge in [-0.05, 0) is 12.8 Å². The van der Waals surface area contributed by atoms with Gasteiger partial charge in [-0.2, -0.15) is 0 Å². The van der Waals surface area contributed by atoms with E-state index < -0.39 is 39.3 Å². The Bertz CT molecular complexity index is 454. The Hall–Kier alpha value is -1.44. The van der Waals surface area contributed by atoms with Crippen LogP contribution in [-0.4, -0.2) is 50.7 Å². The second-order valence-electron chi connectivity index (χ2n) is 4.51. The number of esters is 1. The minimum absolute atomic E-state index is 0.148. The molecule has 0 heterocycles. The van der Waals surface area contributed by atoms with Crippen molar-refractivity contribution in [2.24, 2.45) is 5.92 Å². The van der Waals surface area contributed by atoms with Gasteiger partial charge in [0, 0.05) is 0 Å². The van der Waals surface area contributed by atoms with Crippen LogP contribution in [-0.2, 0) is 29.0 Å². The van der Waals surface area contributed by atoms with Crippen molar-refractivity contribution in [3.8, 4) is 0 Å². The summed E-state index contributed by atoms with van der Waals surface area (Å²) in [6.45, 7) is 4.78. The number of sulfone groups is 1. The average Bonchev–Trinajstić information content (AvgIpc) is 2.23. The lowest BCUT2D eigenvalue weighted by atomic mass is 10.0. The molecule has 8 heteroatoms. The first-order chi connectivity index (χ1) is 8.59. The van der Waals surface area contributed by atoms with Crippen molar-refractivity contribution in [1.29, 1.82) is 0 Å². The van der Waals surface area contributed by atoms with Gasteiger partial charge in [-0.25, -0.2) is 8.42 Å². The van der Waals surface area contributed by atoms with E-state index in [9.17, 15) is 22.8 Å². The average molecular weight is 293 g/mol. The van der Waals surface area contributed by atoms with Crippen molar-refractivity contribution < 1.29 is 27.5 Å². The van der Waals surface area contributed by atoms with Gasteiger partial charge in [0.05, 0.1) is 13.2 Å². The molecule has 0 aromatic rings. The van der Waals surface area contributed by atoms with Gasteiger partial charge in [-0.1, -0.05) is 13.8 Å². The number of ketones is 1. The molecule has 1 atom stereocenters. The molecule has 0 aliphatic rings. The molecule has 0 saturated heterocycles. The van der Waals surface area contributed by atoms with Gasteiger partial charge in [-0.15, -0.1) is 0 Å². The van der Waals surface area contributed by atoms with Crippen LogP contribution in [0.25, 0.3) is 0 Å². The zero-order valence-electron chi connectivity index (χ0n) is 11.4. The fourth-order valence-corrected chi connectivity index (χ4v) is 2.50. The molecule has 110 valence electrons. The van der Waals surface area contributed by atoms with Crippen LogP contribution in [0.3, 0.4) is 0 Å². The van der Waals surface area contributed by atoms with Crippen molar-refractivity contribution in [3.63, 3.8) is 0 Å². The summed E-state index contributed by atoms with van der Waals surface area (Å²) in [6, 6.07) is -0.735. The van der Waals surface area contributed by atoms with E-state index in [0.29, 0.717) is 0 Å². The molecule has 0 spiro atoms. The molecule has 19 heavy (non-hydrogen) atoms. The van der Waals surface area contributed by atoms with Crippen molar-refractivity contribution in [2.45, 2.75) is 26.8 Å². The predicted octanol–water partition coefficient (Wildman–Crippen LogP) is -0.696. The lowest BCUT2D eigenvalue weighted by molar-refractivity contribution is -0.137. The highest BCUT2D eigenvalue weighted by Crippen LogP contribution is 2.03. The smallest absolute Gasteiger partial charge is 0.320 e. The number of hydrogen-bond acceptors (Lipinski definition) is 6. The summed E-state index contributed by atoms with van der Waals surface area (Å²) in [4.78, 5) is 33.7. The van der Waals surface area contributed by atoms with E-state index in [0.717, 1.165) is 7.11 Å². The highest BCUT2D eigenvalue weighted by atomic mass is 32.2. The van der Waals surface area contributed by atoms with Gasteiger partial charge in [0.1, 0.15) is 11.5 Å². The molecule has 0 aliphatic heterocycles. The van der Waals surface area contributed by atoms with Crippen LogP contribution in [0.4, 0.5) is 0 Å². The summed E-state index contributed by atoms with van der Waals surface area (Å²) in [5.74, 6) is -3.85. The predicted molar refractivity (Wildman–Crippen MR) is 68.1 cm³/mol. The third kappa shape index (κ3) is 6.90. The van der Waals surface area contributed by atoms with Crippen molar-refractivity contribution >= 4 is 27.5 Å². The number of carbonyl (C=O) groups is 3. The van der Waals surface area contributed by atoms with Gasteiger partial charge < -0.3 is 10.1 Å². The number of rotatable bonds is 7. The van der Waals surface area contributed by atoms with Gasteiger partial charge in [0.25, 0.3) is 0 Å². The molecule has 0 fully saturated rings. The molecule has 1 N–H and O–H groups in total. The lowest BCUT2D eigenvalue weighted by Gasteiger charge is -2.19. The number of carbonyl (C=O) groups excluding carboxylic acids is 3. The molecule has 1 unspecified atom stereocenters. The highest BCUT2D eigenvalue weighted by Gasteiger charge is 2.25. The van der Waals surface area contributed by atoms with E-state index in [2.05, 4.69) is 10.1 Å². The molecule has 0 radical (unpaired) electrons. The van der Waals surface area contributed by atoms with Crippen molar-refractivity contribution in [3.05, 3.63) is 0 Å². The Balaban J connectivity index is 4.61.